The van der Waals surface area contributed by atoms with Crippen LogP contribution in [0.2, 0.25) is 0 Å². The zero-order valence-electron chi connectivity index (χ0n) is 11.9. The standard InChI is InChI=1S/C15H17NO5/c1-9-15(10(2)21-16-9)13(17)8-20-12-5-3-11(4-6-12)7-14(18)19/h3-6,13,17H,7-8H2,1-2H3,(H,18,19). The van der Waals surface area contributed by atoms with Crippen molar-refractivity contribution < 1.29 is 24.3 Å². The number of carboxylic acids is 1. The number of aliphatic hydroxyl groups excluding tert-OH is 1. The molecule has 0 saturated heterocycles. The second-order valence-electron chi connectivity index (χ2n) is 4.78. The smallest absolute Gasteiger partial charge is 0.307 e. The number of aliphatic carboxylic acids is 1. The van der Waals surface area contributed by atoms with Crippen molar-refractivity contribution in [2.45, 2.75) is 26.4 Å². The Hall–Kier alpha value is -2.34. The number of hydrogen-bond donors (Lipinski definition) is 2. The molecule has 0 bridgehead atoms. The quantitative estimate of drug-likeness (QED) is 0.846. The summed E-state index contributed by atoms with van der Waals surface area (Å²) in [5, 5.41) is 22.6. The highest BCUT2D eigenvalue weighted by molar-refractivity contribution is 5.70. The van der Waals surface area contributed by atoms with Crippen LogP contribution in [0.4, 0.5) is 0 Å². The molecule has 0 saturated carbocycles. The Bertz CT molecular complexity index is 598. The fraction of sp³-hybridized carbons (Fsp3) is 0.333. The van der Waals surface area contributed by atoms with Gasteiger partial charge >= 0.3 is 5.97 Å². The van der Waals surface area contributed by atoms with E-state index in [0.29, 0.717) is 28.3 Å². The first kappa shape index (κ1) is 15.1. The minimum absolute atomic E-state index is 0.0258. The highest BCUT2D eigenvalue weighted by atomic mass is 16.5. The summed E-state index contributed by atoms with van der Waals surface area (Å²) in [6, 6.07) is 6.73. The Morgan fingerprint density at radius 3 is 2.52 bits per heavy atom. The number of carboxylic acid groups (broad SMARTS) is 1. The lowest BCUT2D eigenvalue weighted by Crippen LogP contribution is -2.11. The molecule has 2 aromatic rings. The van der Waals surface area contributed by atoms with Gasteiger partial charge in [0.1, 0.15) is 24.2 Å². The van der Waals surface area contributed by atoms with E-state index in [1.807, 2.05) is 0 Å². The van der Waals surface area contributed by atoms with Gasteiger partial charge < -0.3 is 19.5 Å². The van der Waals surface area contributed by atoms with Gasteiger partial charge in [-0.2, -0.15) is 0 Å². The Kier molecular flexibility index (Phi) is 4.59. The topological polar surface area (TPSA) is 92.8 Å². The highest BCUT2D eigenvalue weighted by Crippen LogP contribution is 2.22. The lowest BCUT2D eigenvalue weighted by molar-refractivity contribution is -0.136. The van der Waals surface area contributed by atoms with Crippen molar-refractivity contribution in [3.63, 3.8) is 0 Å². The fourth-order valence-electron chi connectivity index (χ4n) is 2.10. The van der Waals surface area contributed by atoms with Gasteiger partial charge in [0.15, 0.2) is 0 Å². The minimum atomic E-state index is -0.877. The molecule has 0 fully saturated rings. The molecule has 0 aliphatic rings. The SMILES string of the molecule is Cc1noc(C)c1C(O)COc1ccc(CC(=O)O)cc1. The summed E-state index contributed by atoms with van der Waals surface area (Å²) in [4.78, 5) is 10.6. The molecule has 21 heavy (non-hydrogen) atoms. The van der Waals surface area contributed by atoms with Crippen LogP contribution in [0.25, 0.3) is 0 Å². The van der Waals surface area contributed by atoms with E-state index in [1.54, 1.807) is 38.1 Å². The first-order valence-electron chi connectivity index (χ1n) is 6.51. The third-order valence-corrected chi connectivity index (χ3v) is 3.11. The number of ether oxygens (including phenoxy) is 1. The molecule has 1 aromatic heterocycles. The van der Waals surface area contributed by atoms with Crippen molar-refractivity contribution in [1.82, 2.24) is 5.16 Å². The summed E-state index contributed by atoms with van der Waals surface area (Å²) in [5.41, 5.74) is 1.97. The van der Waals surface area contributed by atoms with Gasteiger partial charge in [0.25, 0.3) is 0 Å². The summed E-state index contributed by atoms with van der Waals surface area (Å²) >= 11 is 0. The number of rotatable bonds is 6. The molecule has 0 spiro atoms. The molecule has 1 unspecified atom stereocenters. The van der Waals surface area contributed by atoms with Crippen molar-refractivity contribution in [2.24, 2.45) is 0 Å². The van der Waals surface area contributed by atoms with E-state index in [1.165, 1.54) is 0 Å². The van der Waals surface area contributed by atoms with Gasteiger partial charge in [-0.25, -0.2) is 0 Å². The maximum absolute atomic E-state index is 10.6. The normalized spacial score (nSPS) is 12.1. The minimum Gasteiger partial charge on any atom is -0.491 e. The molecule has 2 rings (SSSR count). The predicted octanol–water partition coefficient (Wildman–Crippen LogP) is 2.03. The number of aryl methyl sites for hydroxylation is 2. The molecule has 0 radical (unpaired) electrons. The second-order valence-corrected chi connectivity index (χ2v) is 4.78. The number of nitrogens with zero attached hydrogens (tertiary/aromatic N) is 1. The van der Waals surface area contributed by atoms with Crippen LogP contribution in [-0.4, -0.2) is 27.9 Å². The van der Waals surface area contributed by atoms with Crippen LogP contribution < -0.4 is 4.74 Å². The summed E-state index contributed by atoms with van der Waals surface area (Å²) in [7, 11) is 0. The van der Waals surface area contributed by atoms with Gasteiger partial charge in [0.2, 0.25) is 0 Å². The van der Waals surface area contributed by atoms with E-state index >= 15 is 0 Å². The largest absolute Gasteiger partial charge is 0.491 e. The van der Waals surface area contributed by atoms with Crippen LogP contribution in [-0.2, 0) is 11.2 Å². The molecule has 1 aromatic carbocycles. The lowest BCUT2D eigenvalue weighted by atomic mass is 10.1. The van der Waals surface area contributed by atoms with Gasteiger partial charge in [-0.15, -0.1) is 0 Å². The zero-order chi connectivity index (χ0) is 15.4. The third kappa shape index (κ3) is 3.82. The molecule has 1 atom stereocenters. The fourth-order valence-corrected chi connectivity index (χ4v) is 2.10. The molecular formula is C15H17NO5. The van der Waals surface area contributed by atoms with Crippen LogP contribution in [0, 0.1) is 13.8 Å². The van der Waals surface area contributed by atoms with E-state index in [0.717, 1.165) is 0 Å². The Morgan fingerprint density at radius 1 is 1.33 bits per heavy atom. The number of hydrogen-bond acceptors (Lipinski definition) is 5. The highest BCUT2D eigenvalue weighted by Gasteiger charge is 2.18. The molecule has 0 amide bonds. The third-order valence-electron chi connectivity index (χ3n) is 3.11. The van der Waals surface area contributed by atoms with Crippen molar-refractivity contribution >= 4 is 5.97 Å². The van der Waals surface area contributed by atoms with Crippen molar-refractivity contribution in [3.05, 3.63) is 46.8 Å². The first-order chi connectivity index (χ1) is 9.97. The van der Waals surface area contributed by atoms with Crippen molar-refractivity contribution in [2.75, 3.05) is 6.61 Å². The molecule has 6 heteroatoms. The molecule has 0 aliphatic heterocycles. The van der Waals surface area contributed by atoms with Crippen LogP contribution in [0.3, 0.4) is 0 Å². The van der Waals surface area contributed by atoms with Crippen LogP contribution in [0.5, 0.6) is 5.75 Å². The first-order valence-corrected chi connectivity index (χ1v) is 6.51. The molecular weight excluding hydrogens is 274 g/mol. The van der Waals surface area contributed by atoms with E-state index < -0.39 is 12.1 Å². The van der Waals surface area contributed by atoms with Crippen LogP contribution in [0.15, 0.2) is 28.8 Å². The van der Waals surface area contributed by atoms with Crippen LogP contribution in [0.1, 0.15) is 28.7 Å². The van der Waals surface area contributed by atoms with Gasteiger partial charge in [-0.1, -0.05) is 17.3 Å². The van der Waals surface area contributed by atoms with E-state index in [-0.39, 0.29) is 13.0 Å². The van der Waals surface area contributed by atoms with E-state index in [2.05, 4.69) is 5.16 Å². The van der Waals surface area contributed by atoms with Gasteiger partial charge in [0.05, 0.1) is 12.1 Å². The van der Waals surface area contributed by atoms with E-state index in [9.17, 15) is 9.90 Å². The number of aromatic nitrogens is 1. The second kappa shape index (κ2) is 6.41. The molecule has 6 nitrogen and oxygen atoms in total. The summed E-state index contributed by atoms with van der Waals surface area (Å²) < 4.78 is 10.5. The average molecular weight is 291 g/mol. The molecule has 112 valence electrons. The Labute approximate surface area is 122 Å². The maximum Gasteiger partial charge on any atom is 0.307 e. The number of aliphatic hydroxyl groups is 1. The summed E-state index contributed by atoms with van der Waals surface area (Å²) in [5.74, 6) is 0.257. The predicted molar refractivity (Wildman–Crippen MR) is 74.2 cm³/mol. The summed E-state index contributed by atoms with van der Waals surface area (Å²) in [6.07, 6.45) is -0.850. The van der Waals surface area contributed by atoms with Gasteiger partial charge in [0, 0.05) is 5.56 Å². The average Bonchev–Trinajstić information content (AvgIpc) is 2.76. The zero-order valence-corrected chi connectivity index (χ0v) is 11.9. The van der Waals surface area contributed by atoms with Crippen LogP contribution >= 0.6 is 0 Å². The van der Waals surface area contributed by atoms with Gasteiger partial charge in [-0.3, -0.25) is 4.79 Å². The molecule has 2 N–H and O–H groups in total. The van der Waals surface area contributed by atoms with Crippen molar-refractivity contribution in [1.29, 1.82) is 0 Å². The monoisotopic (exact) mass is 291 g/mol. The Balaban J connectivity index is 1.95. The lowest BCUT2D eigenvalue weighted by Gasteiger charge is -2.12. The maximum atomic E-state index is 10.6. The number of benzene rings is 1. The van der Waals surface area contributed by atoms with Gasteiger partial charge in [-0.05, 0) is 31.5 Å². The number of carbonyl (C=O) groups is 1. The summed E-state index contributed by atoms with van der Waals surface area (Å²) in [6.45, 7) is 3.57. The van der Waals surface area contributed by atoms with Crippen molar-refractivity contribution in [3.8, 4) is 5.75 Å². The Morgan fingerprint density at radius 2 is 2.00 bits per heavy atom. The molecule has 0 aliphatic carbocycles. The van der Waals surface area contributed by atoms with E-state index in [4.69, 9.17) is 14.4 Å². The molecule has 1 heterocycles.